The van der Waals surface area contributed by atoms with E-state index in [1.807, 2.05) is 26.0 Å². The lowest BCUT2D eigenvalue weighted by Gasteiger charge is -2.22. The van der Waals surface area contributed by atoms with Crippen molar-refractivity contribution in [2.24, 2.45) is 0 Å². The molecule has 0 bridgehead atoms. The Bertz CT molecular complexity index is 390. The van der Waals surface area contributed by atoms with Gasteiger partial charge in [-0.3, -0.25) is 10.1 Å². The second-order valence-corrected chi connectivity index (χ2v) is 4.46. The van der Waals surface area contributed by atoms with E-state index in [2.05, 4.69) is 31.3 Å². The van der Waals surface area contributed by atoms with Gasteiger partial charge in [-0.2, -0.15) is 0 Å². The minimum absolute atomic E-state index is 0.139. The van der Waals surface area contributed by atoms with Crippen molar-refractivity contribution >= 4 is 5.97 Å². The number of aryl methyl sites for hydroxylation is 1. The monoisotopic (exact) mass is 249 g/mol. The van der Waals surface area contributed by atoms with Gasteiger partial charge in [-0.1, -0.05) is 31.2 Å². The van der Waals surface area contributed by atoms with E-state index in [4.69, 9.17) is 4.74 Å². The number of carbonyl (C=O) groups excluding carboxylic acids is 1. The minimum atomic E-state index is -0.237. The molecule has 1 rings (SSSR count). The standard InChI is InChI=1S/C15H23NO2/c1-5-14(15(17)18-6-2)16-12(4)13-10-8-7-9-11(13)3/h7-10,12,14,16H,5-6H2,1-4H3/t12-,14?/m1/s1. The average molecular weight is 249 g/mol. The van der Waals surface area contributed by atoms with Crippen LogP contribution in [0.3, 0.4) is 0 Å². The summed E-state index contributed by atoms with van der Waals surface area (Å²) in [7, 11) is 0. The van der Waals surface area contributed by atoms with Gasteiger partial charge in [0.15, 0.2) is 0 Å². The topological polar surface area (TPSA) is 38.3 Å². The van der Waals surface area contributed by atoms with Crippen molar-refractivity contribution in [2.45, 2.75) is 46.2 Å². The van der Waals surface area contributed by atoms with Crippen LogP contribution in [0, 0.1) is 6.92 Å². The fraction of sp³-hybridized carbons (Fsp3) is 0.533. The summed E-state index contributed by atoms with van der Waals surface area (Å²) in [5, 5.41) is 3.33. The van der Waals surface area contributed by atoms with Gasteiger partial charge >= 0.3 is 5.97 Å². The highest BCUT2D eigenvalue weighted by Crippen LogP contribution is 2.17. The number of rotatable bonds is 6. The van der Waals surface area contributed by atoms with E-state index in [-0.39, 0.29) is 18.1 Å². The van der Waals surface area contributed by atoms with Crippen LogP contribution in [0.4, 0.5) is 0 Å². The summed E-state index contributed by atoms with van der Waals surface area (Å²) in [5.41, 5.74) is 2.46. The van der Waals surface area contributed by atoms with Crippen molar-refractivity contribution in [3.05, 3.63) is 35.4 Å². The van der Waals surface area contributed by atoms with Crippen LogP contribution in [-0.4, -0.2) is 18.6 Å². The Labute approximate surface area is 110 Å². The van der Waals surface area contributed by atoms with Crippen LogP contribution >= 0.6 is 0 Å². The van der Waals surface area contributed by atoms with Gasteiger partial charge in [-0.25, -0.2) is 0 Å². The van der Waals surface area contributed by atoms with Crippen LogP contribution in [0.2, 0.25) is 0 Å². The lowest BCUT2D eigenvalue weighted by Crippen LogP contribution is -2.39. The quantitative estimate of drug-likeness (QED) is 0.788. The lowest BCUT2D eigenvalue weighted by atomic mass is 10.0. The molecule has 0 aliphatic carbocycles. The van der Waals surface area contributed by atoms with Crippen LogP contribution in [0.25, 0.3) is 0 Å². The van der Waals surface area contributed by atoms with Gasteiger partial charge in [-0.15, -0.1) is 0 Å². The number of ether oxygens (including phenoxy) is 1. The normalized spacial score (nSPS) is 14.0. The molecule has 18 heavy (non-hydrogen) atoms. The van der Waals surface area contributed by atoms with Gasteiger partial charge in [0.25, 0.3) is 0 Å². The summed E-state index contributed by atoms with van der Waals surface area (Å²) in [6, 6.07) is 8.11. The zero-order valence-electron chi connectivity index (χ0n) is 11.7. The summed E-state index contributed by atoms with van der Waals surface area (Å²) in [5.74, 6) is -0.166. The molecular formula is C15H23NO2. The number of esters is 1. The molecule has 1 aromatic rings. The van der Waals surface area contributed by atoms with E-state index in [1.54, 1.807) is 0 Å². The van der Waals surface area contributed by atoms with Crippen LogP contribution in [0.15, 0.2) is 24.3 Å². The van der Waals surface area contributed by atoms with E-state index in [0.717, 1.165) is 6.42 Å². The van der Waals surface area contributed by atoms with Crippen LogP contribution in [0.5, 0.6) is 0 Å². The second kappa shape index (κ2) is 7.17. The molecule has 0 amide bonds. The minimum Gasteiger partial charge on any atom is -0.465 e. The van der Waals surface area contributed by atoms with E-state index in [0.29, 0.717) is 6.61 Å². The number of hydrogen-bond acceptors (Lipinski definition) is 3. The summed E-state index contributed by atoms with van der Waals surface area (Å²) >= 11 is 0. The second-order valence-electron chi connectivity index (χ2n) is 4.46. The molecule has 3 nitrogen and oxygen atoms in total. The van der Waals surface area contributed by atoms with Crippen LogP contribution in [-0.2, 0) is 9.53 Å². The van der Waals surface area contributed by atoms with Crippen molar-refractivity contribution in [1.29, 1.82) is 0 Å². The molecule has 0 radical (unpaired) electrons. The summed E-state index contributed by atoms with van der Waals surface area (Å²) in [6.45, 7) is 8.40. The number of nitrogens with one attached hydrogen (secondary N) is 1. The first kappa shape index (κ1) is 14.7. The third-order valence-electron chi connectivity index (χ3n) is 3.09. The molecule has 0 saturated heterocycles. The third-order valence-corrected chi connectivity index (χ3v) is 3.09. The maximum Gasteiger partial charge on any atom is 0.323 e. The number of carbonyl (C=O) groups is 1. The molecule has 0 spiro atoms. The van der Waals surface area contributed by atoms with Gasteiger partial charge in [-0.05, 0) is 38.3 Å². The highest BCUT2D eigenvalue weighted by molar-refractivity contribution is 5.75. The van der Waals surface area contributed by atoms with Crippen molar-refractivity contribution in [2.75, 3.05) is 6.61 Å². The Morgan fingerprint density at radius 3 is 2.56 bits per heavy atom. The lowest BCUT2D eigenvalue weighted by molar-refractivity contribution is -0.146. The summed E-state index contributed by atoms with van der Waals surface area (Å²) in [6.07, 6.45) is 0.731. The van der Waals surface area contributed by atoms with E-state index in [1.165, 1.54) is 11.1 Å². The predicted molar refractivity (Wildman–Crippen MR) is 73.4 cm³/mol. The smallest absolute Gasteiger partial charge is 0.323 e. The van der Waals surface area contributed by atoms with Crippen LogP contribution < -0.4 is 5.32 Å². The first-order valence-corrected chi connectivity index (χ1v) is 6.58. The van der Waals surface area contributed by atoms with E-state index < -0.39 is 0 Å². The maximum absolute atomic E-state index is 11.7. The predicted octanol–water partition coefficient (Wildman–Crippen LogP) is 2.99. The average Bonchev–Trinajstić information content (AvgIpc) is 2.36. The molecule has 1 unspecified atom stereocenters. The van der Waals surface area contributed by atoms with Crippen LogP contribution in [0.1, 0.15) is 44.4 Å². The van der Waals surface area contributed by atoms with Gasteiger partial charge in [0.1, 0.15) is 6.04 Å². The molecule has 3 heteroatoms. The van der Waals surface area contributed by atoms with Crippen molar-refractivity contribution in [3.63, 3.8) is 0 Å². The van der Waals surface area contributed by atoms with Gasteiger partial charge in [0.05, 0.1) is 6.61 Å². The zero-order chi connectivity index (χ0) is 13.5. The molecule has 0 aliphatic rings. The van der Waals surface area contributed by atoms with Crippen molar-refractivity contribution < 1.29 is 9.53 Å². The molecule has 1 N–H and O–H groups in total. The Kier molecular flexibility index (Phi) is 5.86. The molecule has 0 aromatic heterocycles. The molecule has 0 heterocycles. The highest BCUT2D eigenvalue weighted by atomic mass is 16.5. The molecule has 100 valence electrons. The van der Waals surface area contributed by atoms with Crippen molar-refractivity contribution in [3.8, 4) is 0 Å². The molecule has 0 saturated carbocycles. The Balaban J connectivity index is 2.70. The van der Waals surface area contributed by atoms with E-state index >= 15 is 0 Å². The van der Waals surface area contributed by atoms with Gasteiger partial charge in [0, 0.05) is 6.04 Å². The van der Waals surface area contributed by atoms with E-state index in [9.17, 15) is 4.79 Å². The summed E-state index contributed by atoms with van der Waals surface area (Å²) in [4.78, 5) is 11.7. The molecule has 1 aromatic carbocycles. The third kappa shape index (κ3) is 3.84. The Hall–Kier alpha value is -1.35. The zero-order valence-corrected chi connectivity index (χ0v) is 11.7. The molecule has 0 aliphatic heterocycles. The molecule has 0 fully saturated rings. The first-order chi connectivity index (χ1) is 8.60. The Morgan fingerprint density at radius 1 is 1.33 bits per heavy atom. The van der Waals surface area contributed by atoms with Gasteiger partial charge in [0.2, 0.25) is 0 Å². The molecule has 2 atom stereocenters. The SMILES string of the molecule is CCOC(=O)C(CC)N[C@H](C)c1ccccc1C. The van der Waals surface area contributed by atoms with Crippen molar-refractivity contribution in [1.82, 2.24) is 5.32 Å². The number of hydrogen-bond donors (Lipinski definition) is 1. The number of benzene rings is 1. The Morgan fingerprint density at radius 2 is 2.00 bits per heavy atom. The van der Waals surface area contributed by atoms with Gasteiger partial charge < -0.3 is 4.74 Å². The fourth-order valence-corrected chi connectivity index (χ4v) is 2.06. The fourth-order valence-electron chi connectivity index (χ4n) is 2.06. The summed E-state index contributed by atoms with van der Waals surface area (Å²) < 4.78 is 5.06. The highest BCUT2D eigenvalue weighted by Gasteiger charge is 2.20. The first-order valence-electron chi connectivity index (χ1n) is 6.58. The largest absolute Gasteiger partial charge is 0.465 e. The molecular weight excluding hydrogens is 226 g/mol. The maximum atomic E-state index is 11.7.